The summed E-state index contributed by atoms with van der Waals surface area (Å²) in [5.74, 6) is -0.404. The molecule has 0 amide bonds. The monoisotopic (exact) mass is 185 g/mol. The Morgan fingerprint density at radius 2 is 2.38 bits per heavy atom. The van der Waals surface area contributed by atoms with Gasteiger partial charge in [-0.15, -0.1) is 0 Å². The number of rotatable bonds is 3. The van der Waals surface area contributed by atoms with Gasteiger partial charge in [-0.3, -0.25) is 4.79 Å². The highest BCUT2D eigenvalue weighted by atomic mass is 16.5. The van der Waals surface area contributed by atoms with Gasteiger partial charge in [-0.25, -0.2) is 4.79 Å². The molecule has 0 saturated carbocycles. The van der Waals surface area contributed by atoms with E-state index in [2.05, 4.69) is 4.52 Å². The Hall–Kier alpha value is -1.52. The summed E-state index contributed by atoms with van der Waals surface area (Å²) in [4.78, 5) is 22.0. The number of hydrogen-bond acceptors (Lipinski definition) is 4. The summed E-state index contributed by atoms with van der Waals surface area (Å²) in [6, 6.07) is 0. The minimum atomic E-state index is -0.649. The van der Waals surface area contributed by atoms with Crippen molar-refractivity contribution in [2.75, 3.05) is 6.61 Å². The highest BCUT2D eigenvalue weighted by molar-refractivity contribution is 5.88. The summed E-state index contributed by atoms with van der Waals surface area (Å²) in [5, 5.41) is 2.01. The molecule has 72 valence electrons. The van der Waals surface area contributed by atoms with Gasteiger partial charge in [-0.05, 0) is 5.92 Å². The van der Waals surface area contributed by atoms with Crippen LogP contribution in [0.5, 0.6) is 0 Å². The number of carbonyl (C=O) groups is 1. The molecule has 0 aliphatic heterocycles. The van der Waals surface area contributed by atoms with Gasteiger partial charge in [0.15, 0.2) is 5.56 Å². The third-order valence-corrected chi connectivity index (χ3v) is 1.34. The lowest BCUT2D eigenvalue weighted by Crippen LogP contribution is -2.16. The number of H-pyrrole nitrogens is 1. The van der Waals surface area contributed by atoms with Crippen LogP contribution < -0.4 is 5.56 Å². The van der Waals surface area contributed by atoms with E-state index in [4.69, 9.17) is 4.74 Å². The molecule has 0 saturated heterocycles. The smallest absolute Gasteiger partial charge is 0.347 e. The van der Waals surface area contributed by atoms with E-state index in [9.17, 15) is 9.59 Å². The Morgan fingerprint density at radius 3 is 2.85 bits per heavy atom. The first-order chi connectivity index (χ1) is 6.11. The average molecular weight is 185 g/mol. The number of hydrogen-bond donors (Lipinski definition) is 1. The number of carbonyl (C=O) groups excluding carboxylic acids is 1. The Kier molecular flexibility index (Phi) is 2.89. The molecule has 0 radical (unpaired) electrons. The summed E-state index contributed by atoms with van der Waals surface area (Å²) >= 11 is 0. The molecule has 0 atom stereocenters. The molecule has 5 heteroatoms. The summed E-state index contributed by atoms with van der Waals surface area (Å²) in [5.41, 5.74) is -0.658. The normalized spacial score (nSPS) is 10.4. The zero-order chi connectivity index (χ0) is 9.84. The van der Waals surface area contributed by atoms with Crippen LogP contribution in [0.15, 0.2) is 15.6 Å². The van der Waals surface area contributed by atoms with E-state index in [1.165, 1.54) is 0 Å². The van der Waals surface area contributed by atoms with Crippen molar-refractivity contribution in [2.45, 2.75) is 13.8 Å². The van der Waals surface area contributed by atoms with E-state index in [0.29, 0.717) is 6.61 Å². The third kappa shape index (κ3) is 2.47. The molecule has 13 heavy (non-hydrogen) atoms. The van der Waals surface area contributed by atoms with Gasteiger partial charge in [-0.1, -0.05) is 13.8 Å². The zero-order valence-electron chi connectivity index (χ0n) is 7.49. The molecule has 1 rings (SSSR count). The van der Waals surface area contributed by atoms with Crippen LogP contribution in [0.1, 0.15) is 24.2 Å². The van der Waals surface area contributed by atoms with Gasteiger partial charge >= 0.3 is 5.97 Å². The molecular formula is C8H11NO4. The first-order valence-corrected chi connectivity index (χ1v) is 3.94. The quantitative estimate of drug-likeness (QED) is 0.706. The molecular weight excluding hydrogens is 174 g/mol. The molecule has 0 aromatic carbocycles. The van der Waals surface area contributed by atoms with Crippen molar-refractivity contribution in [3.63, 3.8) is 0 Å². The number of esters is 1. The minimum absolute atomic E-state index is 0.0966. The van der Waals surface area contributed by atoms with Crippen LogP contribution in [-0.2, 0) is 4.74 Å². The second kappa shape index (κ2) is 3.93. The number of aromatic nitrogens is 1. The Bertz CT molecular complexity index is 336. The van der Waals surface area contributed by atoms with Gasteiger partial charge in [0.2, 0.25) is 0 Å². The lowest BCUT2D eigenvalue weighted by atomic mass is 10.2. The predicted molar refractivity (Wildman–Crippen MR) is 44.4 cm³/mol. The molecule has 1 aromatic heterocycles. The van der Waals surface area contributed by atoms with Gasteiger partial charge in [0.1, 0.15) is 6.26 Å². The SMILES string of the molecule is CC(C)COC(=O)c1co[nH]c1=O. The number of nitrogens with one attached hydrogen (secondary N) is 1. The molecule has 0 fully saturated rings. The Labute approximate surface area is 74.7 Å². The van der Waals surface area contributed by atoms with Crippen molar-refractivity contribution in [2.24, 2.45) is 5.92 Å². The number of aromatic amines is 1. The highest BCUT2D eigenvalue weighted by Gasteiger charge is 2.14. The topological polar surface area (TPSA) is 72.3 Å². The molecule has 0 aliphatic carbocycles. The fraction of sp³-hybridized carbons (Fsp3) is 0.500. The standard InChI is InChI=1S/C8H11NO4/c1-5(2)3-12-8(11)6-4-13-9-7(6)10/h4-5H,3H2,1-2H3,(H,9,10). The van der Waals surface area contributed by atoms with Gasteiger partial charge in [0.25, 0.3) is 5.56 Å². The predicted octanol–water partition coefficient (Wildman–Crippen LogP) is 0.781. The van der Waals surface area contributed by atoms with Gasteiger partial charge in [0.05, 0.1) is 6.61 Å². The molecule has 0 bridgehead atoms. The molecule has 5 nitrogen and oxygen atoms in total. The largest absolute Gasteiger partial charge is 0.462 e. The fourth-order valence-electron chi connectivity index (χ4n) is 0.711. The fourth-order valence-corrected chi connectivity index (χ4v) is 0.711. The van der Waals surface area contributed by atoms with Crippen molar-refractivity contribution < 1.29 is 14.1 Å². The van der Waals surface area contributed by atoms with E-state index >= 15 is 0 Å². The van der Waals surface area contributed by atoms with Crippen molar-refractivity contribution in [3.8, 4) is 0 Å². The summed E-state index contributed by atoms with van der Waals surface area (Å²) in [6.45, 7) is 4.11. The second-order valence-corrected chi connectivity index (χ2v) is 3.07. The summed E-state index contributed by atoms with van der Waals surface area (Å²) in [7, 11) is 0. The first kappa shape index (κ1) is 9.57. The molecule has 0 unspecified atom stereocenters. The maximum absolute atomic E-state index is 11.1. The van der Waals surface area contributed by atoms with Crippen LogP contribution in [0, 0.1) is 5.92 Å². The van der Waals surface area contributed by atoms with Crippen LogP contribution >= 0.6 is 0 Å². The van der Waals surface area contributed by atoms with Crippen LogP contribution in [0.3, 0.4) is 0 Å². The van der Waals surface area contributed by atoms with E-state index < -0.39 is 11.5 Å². The lowest BCUT2D eigenvalue weighted by Gasteiger charge is -2.04. The molecule has 1 N–H and O–H groups in total. The van der Waals surface area contributed by atoms with Crippen LogP contribution in [0.25, 0.3) is 0 Å². The number of ether oxygens (including phenoxy) is 1. The van der Waals surface area contributed by atoms with Crippen molar-refractivity contribution in [1.82, 2.24) is 5.16 Å². The second-order valence-electron chi connectivity index (χ2n) is 3.07. The Balaban J connectivity index is 2.60. The van der Waals surface area contributed by atoms with Crippen LogP contribution in [-0.4, -0.2) is 17.7 Å². The highest BCUT2D eigenvalue weighted by Crippen LogP contribution is 1.98. The van der Waals surface area contributed by atoms with Crippen LogP contribution in [0.4, 0.5) is 0 Å². The third-order valence-electron chi connectivity index (χ3n) is 1.34. The van der Waals surface area contributed by atoms with Gasteiger partial charge in [-0.2, -0.15) is 5.16 Å². The molecule has 1 heterocycles. The average Bonchev–Trinajstić information content (AvgIpc) is 2.47. The van der Waals surface area contributed by atoms with Crippen molar-refractivity contribution >= 4 is 5.97 Å². The maximum atomic E-state index is 11.1. The minimum Gasteiger partial charge on any atom is -0.462 e. The molecule has 0 spiro atoms. The van der Waals surface area contributed by atoms with E-state index in [-0.39, 0.29) is 11.5 Å². The lowest BCUT2D eigenvalue weighted by molar-refractivity contribution is 0.0457. The first-order valence-electron chi connectivity index (χ1n) is 3.94. The van der Waals surface area contributed by atoms with Gasteiger partial charge < -0.3 is 9.26 Å². The van der Waals surface area contributed by atoms with E-state index in [1.807, 2.05) is 19.0 Å². The van der Waals surface area contributed by atoms with Crippen molar-refractivity contribution in [3.05, 3.63) is 22.2 Å². The van der Waals surface area contributed by atoms with Crippen molar-refractivity contribution in [1.29, 1.82) is 0 Å². The van der Waals surface area contributed by atoms with E-state index in [1.54, 1.807) is 0 Å². The Morgan fingerprint density at radius 1 is 1.69 bits per heavy atom. The summed E-state index contributed by atoms with van der Waals surface area (Å²) in [6.07, 6.45) is 1.05. The summed E-state index contributed by atoms with van der Waals surface area (Å²) < 4.78 is 9.24. The maximum Gasteiger partial charge on any atom is 0.347 e. The van der Waals surface area contributed by atoms with Crippen LogP contribution in [0.2, 0.25) is 0 Å². The van der Waals surface area contributed by atoms with E-state index in [0.717, 1.165) is 6.26 Å². The molecule has 1 aromatic rings. The zero-order valence-corrected chi connectivity index (χ0v) is 7.49. The van der Waals surface area contributed by atoms with Gasteiger partial charge in [0, 0.05) is 0 Å². The molecule has 0 aliphatic rings.